The summed E-state index contributed by atoms with van der Waals surface area (Å²) in [5.41, 5.74) is 13.6. The quantitative estimate of drug-likeness (QED) is 0.156. The highest BCUT2D eigenvalue weighted by molar-refractivity contribution is 6.23. The Bertz CT molecular complexity index is 3260. The van der Waals surface area contributed by atoms with Crippen molar-refractivity contribution in [2.75, 3.05) is 9.80 Å². The molecule has 0 saturated carbocycles. The molecule has 0 saturated heterocycles. The molecule has 2 aliphatic heterocycles. The molecular weight excluding hydrogens is 789 g/mol. The van der Waals surface area contributed by atoms with Gasteiger partial charge in [0.05, 0.1) is 22.2 Å². The number of anilines is 2. The summed E-state index contributed by atoms with van der Waals surface area (Å²) >= 11 is 0. The maximum Gasteiger partial charge on any atom is 0.136 e. The van der Waals surface area contributed by atoms with Crippen molar-refractivity contribution in [2.24, 2.45) is 9.98 Å². The first kappa shape index (κ1) is 41.0. The molecule has 4 heteroatoms. The van der Waals surface area contributed by atoms with Crippen LogP contribution in [0, 0.1) is 0 Å². The number of hydrogen-bond donors (Lipinski definition) is 0. The van der Waals surface area contributed by atoms with Crippen molar-refractivity contribution < 1.29 is 0 Å². The van der Waals surface area contributed by atoms with Crippen molar-refractivity contribution in [3.63, 3.8) is 0 Å². The largest absolute Gasteiger partial charge is 0.318 e. The van der Waals surface area contributed by atoms with Crippen LogP contribution < -0.4 is 9.80 Å². The highest BCUT2D eigenvalue weighted by atomic mass is 15.3. The minimum Gasteiger partial charge on any atom is -0.318 e. The molecule has 8 aromatic rings. The van der Waals surface area contributed by atoms with Gasteiger partial charge in [-0.25, -0.2) is 0 Å². The first-order valence-electron chi connectivity index (χ1n) is 23.3. The summed E-state index contributed by atoms with van der Waals surface area (Å²) < 4.78 is 0. The Morgan fingerprint density at radius 1 is 0.338 bits per heavy atom. The van der Waals surface area contributed by atoms with Crippen molar-refractivity contribution >= 4 is 44.6 Å². The molecule has 0 bridgehead atoms. The highest BCUT2D eigenvalue weighted by Gasteiger charge is 2.51. The van der Waals surface area contributed by atoms with E-state index in [0.717, 1.165) is 34.2 Å². The second kappa shape index (κ2) is 14.1. The smallest absolute Gasteiger partial charge is 0.136 e. The molecule has 0 spiro atoms. The Balaban J connectivity index is 1.10. The van der Waals surface area contributed by atoms with Crippen LogP contribution >= 0.6 is 0 Å². The first-order valence-corrected chi connectivity index (χ1v) is 23.3. The van der Waals surface area contributed by atoms with Gasteiger partial charge in [0.1, 0.15) is 11.7 Å². The number of fused-ring (bicyclic) bond motifs is 5. The molecule has 2 heterocycles. The number of benzene rings is 8. The fourth-order valence-corrected chi connectivity index (χ4v) is 11.0. The number of aliphatic imine (C=N–C) groups is 2. The van der Waals surface area contributed by atoms with Crippen molar-refractivity contribution in [1.82, 2.24) is 0 Å². The van der Waals surface area contributed by atoms with Crippen LogP contribution in [0.25, 0.3) is 54.9 Å². The Hall–Kier alpha value is -6.78. The summed E-state index contributed by atoms with van der Waals surface area (Å²) in [6, 6.07) is 62.9. The van der Waals surface area contributed by atoms with Crippen LogP contribution in [-0.2, 0) is 5.41 Å². The second-order valence-corrected chi connectivity index (χ2v) is 21.0. The number of nitrogens with zero attached hydrogens (tertiary/aromatic N) is 4. The number of amidine groups is 2. The van der Waals surface area contributed by atoms with Crippen LogP contribution in [-0.4, -0.2) is 33.8 Å². The molecule has 11 rings (SSSR count). The molecule has 0 fully saturated rings. The van der Waals surface area contributed by atoms with E-state index in [1.165, 1.54) is 66.1 Å². The lowest BCUT2D eigenvalue weighted by Gasteiger charge is -2.41. The van der Waals surface area contributed by atoms with E-state index in [0.29, 0.717) is 0 Å². The summed E-state index contributed by atoms with van der Waals surface area (Å²) in [4.78, 5) is 15.7. The fraction of sp³-hybridized carbons (Fsp3) is 0.246. The van der Waals surface area contributed by atoms with Crippen LogP contribution in [0.4, 0.5) is 11.4 Å². The van der Waals surface area contributed by atoms with Gasteiger partial charge in [0, 0.05) is 27.9 Å². The summed E-state index contributed by atoms with van der Waals surface area (Å²) in [6.45, 7) is 23.0. The zero-order valence-corrected chi connectivity index (χ0v) is 39.5. The molecule has 1 aliphatic carbocycles. The third-order valence-corrected chi connectivity index (χ3v) is 15.9. The molecule has 0 unspecified atom stereocenters. The van der Waals surface area contributed by atoms with Gasteiger partial charge in [-0.2, -0.15) is 0 Å². The molecule has 4 nitrogen and oxygen atoms in total. The molecular formula is C61H58N4. The van der Waals surface area contributed by atoms with Gasteiger partial charge in [-0.1, -0.05) is 147 Å². The minimum absolute atomic E-state index is 0.149. The van der Waals surface area contributed by atoms with E-state index >= 15 is 0 Å². The minimum atomic E-state index is -0.291. The zero-order valence-electron chi connectivity index (χ0n) is 39.5. The highest BCUT2D eigenvalue weighted by Crippen LogP contribution is 2.54. The van der Waals surface area contributed by atoms with E-state index in [9.17, 15) is 0 Å². The van der Waals surface area contributed by atoms with Crippen LogP contribution in [0.5, 0.6) is 0 Å². The van der Waals surface area contributed by atoms with Gasteiger partial charge in [-0.15, -0.1) is 0 Å². The van der Waals surface area contributed by atoms with E-state index in [4.69, 9.17) is 9.98 Å². The van der Waals surface area contributed by atoms with Crippen LogP contribution in [0.2, 0.25) is 0 Å². The number of para-hydroxylation sites is 2. The molecule has 0 N–H and O–H groups in total. The lowest BCUT2D eigenvalue weighted by molar-refractivity contribution is 0.338. The number of rotatable bonds is 6. The van der Waals surface area contributed by atoms with E-state index < -0.39 is 0 Å². The number of hydrogen-bond acceptors (Lipinski definition) is 4. The van der Waals surface area contributed by atoms with Gasteiger partial charge in [-0.3, -0.25) is 9.98 Å². The molecule has 0 amide bonds. The molecule has 0 radical (unpaired) electrons. The van der Waals surface area contributed by atoms with Crippen LogP contribution in [0.1, 0.15) is 91.5 Å². The van der Waals surface area contributed by atoms with Crippen molar-refractivity contribution in [2.45, 2.75) is 96.8 Å². The predicted molar refractivity (Wildman–Crippen MR) is 277 cm³/mol. The SMILES string of the molecule is CC1(C)c2ccccc2-c2cc3c(-c4ccc(C5=NC(C)(C)C(C)(C)N5c5ccccc5)cc4)c4ccccc4c(-c4ccc(C5=NC(C)(C)C(C)(C)N5c5ccccc5)cc4)c3cc21. The zero-order chi connectivity index (χ0) is 45.3. The van der Waals surface area contributed by atoms with E-state index in [1.54, 1.807) is 0 Å². The molecule has 3 aliphatic rings. The topological polar surface area (TPSA) is 31.2 Å². The van der Waals surface area contributed by atoms with Gasteiger partial charge in [0.15, 0.2) is 0 Å². The standard InChI is InChI=1S/C61H58N4/c1-57(2)51-28-20-19-25-45(51)48-37-49-50(38-52(48)57)54(40-31-35-42(36-32-40)56-63-59(5,6)61(9,10)65(56)44-23-15-12-16-24-44)47-27-18-17-26-46(47)53(49)39-29-33-41(34-30-39)55-62-58(3,4)60(7,8)64(55)43-21-13-11-14-22-43/h11-38H,1-10H3. The normalized spacial score (nSPS) is 18.4. The van der Waals surface area contributed by atoms with Gasteiger partial charge in [0.25, 0.3) is 0 Å². The third kappa shape index (κ3) is 5.95. The average Bonchev–Trinajstić information content (AvgIpc) is 3.73. The molecule has 65 heavy (non-hydrogen) atoms. The van der Waals surface area contributed by atoms with Crippen LogP contribution in [0.15, 0.2) is 180 Å². The molecule has 0 atom stereocenters. The summed E-state index contributed by atoms with van der Waals surface area (Å²) in [5, 5.41) is 5.00. The van der Waals surface area contributed by atoms with Gasteiger partial charge >= 0.3 is 0 Å². The molecule has 8 aromatic carbocycles. The van der Waals surface area contributed by atoms with Crippen molar-refractivity contribution in [3.8, 4) is 33.4 Å². The summed E-state index contributed by atoms with van der Waals surface area (Å²) in [5.74, 6) is 2.01. The maximum atomic E-state index is 5.42. The van der Waals surface area contributed by atoms with Gasteiger partial charge in [0.2, 0.25) is 0 Å². The Labute approximate surface area is 385 Å². The van der Waals surface area contributed by atoms with Gasteiger partial charge in [-0.05, 0) is 158 Å². The average molecular weight is 847 g/mol. The van der Waals surface area contributed by atoms with E-state index in [1.807, 2.05) is 0 Å². The summed E-state index contributed by atoms with van der Waals surface area (Å²) in [7, 11) is 0. The second-order valence-electron chi connectivity index (χ2n) is 21.0. The Morgan fingerprint density at radius 2 is 0.723 bits per heavy atom. The van der Waals surface area contributed by atoms with Gasteiger partial charge < -0.3 is 9.80 Å². The van der Waals surface area contributed by atoms with Crippen molar-refractivity contribution in [1.29, 1.82) is 0 Å². The Kier molecular flexibility index (Phi) is 8.89. The lowest BCUT2D eigenvalue weighted by Crippen LogP contribution is -2.53. The Morgan fingerprint density at radius 3 is 1.18 bits per heavy atom. The van der Waals surface area contributed by atoms with E-state index in [2.05, 4.69) is 249 Å². The maximum absolute atomic E-state index is 5.42. The monoisotopic (exact) mass is 846 g/mol. The lowest BCUT2D eigenvalue weighted by atomic mass is 9.79. The summed E-state index contributed by atoms with van der Waals surface area (Å²) in [6.07, 6.45) is 0. The van der Waals surface area contributed by atoms with E-state index in [-0.39, 0.29) is 27.6 Å². The fourth-order valence-electron chi connectivity index (χ4n) is 11.0. The van der Waals surface area contributed by atoms with Crippen LogP contribution in [0.3, 0.4) is 0 Å². The first-order chi connectivity index (χ1) is 31.0. The molecule has 322 valence electrons. The van der Waals surface area contributed by atoms with Crippen molar-refractivity contribution in [3.05, 3.63) is 192 Å². The molecule has 0 aromatic heterocycles. The third-order valence-electron chi connectivity index (χ3n) is 15.9. The predicted octanol–water partition coefficient (Wildman–Crippen LogP) is 15.3.